The summed E-state index contributed by atoms with van der Waals surface area (Å²) < 4.78 is 41.1. The van der Waals surface area contributed by atoms with Crippen molar-refractivity contribution >= 4 is 27.3 Å². The highest BCUT2D eigenvalue weighted by Gasteiger charge is 2.22. The van der Waals surface area contributed by atoms with Crippen LogP contribution in [0.1, 0.15) is 10.4 Å². The number of anilines is 2. The molecule has 0 bridgehead atoms. The molecule has 10 nitrogen and oxygen atoms in total. The molecule has 34 heavy (non-hydrogen) atoms. The lowest BCUT2D eigenvalue weighted by Gasteiger charge is -2.19. The third-order valence-electron chi connectivity index (χ3n) is 5.05. The molecule has 0 fully saturated rings. The number of benzene rings is 3. The topological polar surface area (TPSA) is 124 Å². The monoisotopic (exact) mass is 477 g/mol. The van der Waals surface area contributed by atoms with E-state index in [0.29, 0.717) is 30.4 Å². The van der Waals surface area contributed by atoms with Crippen LogP contribution in [-0.2, 0) is 10.0 Å². The van der Waals surface area contributed by atoms with Crippen LogP contribution in [0.5, 0.6) is 11.5 Å². The Labute approximate surface area is 195 Å². The summed E-state index contributed by atoms with van der Waals surface area (Å²) in [4.78, 5) is 16.9. The van der Waals surface area contributed by atoms with Crippen molar-refractivity contribution in [2.75, 3.05) is 23.3 Å². The fourth-order valence-electron chi connectivity index (χ4n) is 3.40. The molecule has 0 spiro atoms. The summed E-state index contributed by atoms with van der Waals surface area (Å²) in [6.07, 6.45) is 3.00. The van der Waals surface area contributed by atoms with E-state index in [4.69, 9.17) is 9.47 Å². The SMILES string of the molecule is O=C(Nc1ccc(-n2cncn2)cc1)c1ccccc1NS(=O)(=O)c1ccc2c(c1)OCCO2. The maximum absolute atomic E-state index is 13.0. The first kappa shape index (κ1) is 21.5. The lowest BCUT2D eigenvalue weighted by molar-refractivity contribution is 0.102. The first-order valence-corrected chi connectivity index (χ1v) is 11.8. The van der Waals surface area contributed by atoms with Crippen LogP contribution in [0.2, 0.25) is 0 Å². The van der Waals surface area contributed by atoms with E-state index < -0.39 is 15.9 Å². The molecule has 1 aromatic heterocycles. The van der Waals surface area contributed by atoms with Crippen molar-refractivity contribution in [2.24, 2.45) is 0 Å². The molecule has 1 amide bonds. The minimum Gasteiger partial charge on any atom is -0.486 e. The van der Waals surface area contributed by atoms with Gasteiger partial charge in [-0.05, 0) is 48.5 Å². The molecule has 3 aromatic carbocycles. The molecule has 0 radical (unpaired) electrons. The number of fused-ring (bicyclic) bond motifs is 1. The van der Waals surface area contributed by atoms with Gasteiger partial charge in [-0.2, -0.15) is 5.10 Å². The van der Waals surface area contributed by atoms with E-state index >= 15 is 0 Å². The van der Waals surface area contributed by atoms with Gasteiger partial charge in [-0.1, -0.05) is 12.1 Å². The Bertz CT molecular complexity index is 1440. The Kier molecular flexibility index (Phi) is 5.60. The average Bonchev–Trinajstić information content (AvgIpc) is 3.39. The number of amides is 1. The van der Waals surface area contributed by atoms with Gasteiger partial charge in [0, 0.05) is 11.8 Å². The van der Waals surface area contributed by atoms with E-state index in [-0.39, 0.29) is 16.1 Å². The second kappa shape index (κ2) is 8.87. The van der Waals surface area contributed by atoms with Crippen molar-refractivity contribution in [2.45, 2.75) is 4.90 Å². The first-order valence-electron chi connectivity index (χ1n) is 10.3. The number of ether oxygens (including phenoxy) is 2. The fraction of sp³-hybridized carbons (Fsp3) is 0.0870. The van der Waals surface area contributed by atoms with Gasteiger partial charge in [-0.3, -0.25) is 9.52 Å². The predicted molar refractivity (Wildman–Crippen MR) is 124 cm³/mol. The van der Waals surface area contributed by atoms with E-state index in [2.05, 4.69) is 20.1 Å². The second-order valence-electron chi connectivity index (χ2n) is 7.30. The third-order valence-corrected chi connectivity index (χ3v) is 6.41. The zero-order chi connectivity index (χ0) is 23.5. The Hall–Kier alpha value is -4.38. The number of hydrogen-bond acceptors (Lipinski definition) is 7. The lowest BCUT2D eigenvalue weighted by Crippen LogP contribution is -2.19. The smallest absolute Gasteiger partial charge is 0.262 e. The number of aromatic nitrogens is 3. The Morgan fingerprint density at radius 2 is 1.71 bits per heavy atom. The maximum Gasteiger partial charge on any atom is 0.262 e. The molecule has 172 valence electrons. The number of hydrogen-bond donors (Lipinski definition) is 2. The minimum absolute atomic E-state index is 0.00402. The van der Waals surface area contributed by atoms with Crippen LogP contribution in [-0.4, -0.2) is 42.3 Å². The summed E-state index contributed by atoms with van der Waals surface area (Å²) in [5.41, 5.74) is 1.64. The first-order chi connectivity index (χ1) is 16.5. The van der Waals surface area contributed by atoms with Crippen molar-refractivity contribution in [1.29, 1.82) is 0 Å². The van der Waals surface area contributed by atoms with Gasteiger partial charge in [-0.15, -0.1) is 0 Å². The van der Waals surface area contributed by atoms with E-state index in [0.717, 1.165) is 5.69 Å². The quantitative estimate of drug-likeness (QED) is 0.437. The van der Waals surface area contributed by atoms with Gasteiger partial charge in [-0.25, -0.2) is 18.1 Å². The van der Waals surface area contributed by atoms with E-state index in [1.807, 2.05) is 0 Å². The molecule has 0 atom stereocenters. The van der Waals surface area contributed by atoms with Crippen LogP contribution in [0.25, 0.3) is 5.69 Å². The highest BCUT2D eigenvalue weighted by atomic mass is 32.2. The van der Waals surface area contributed by atoms with E-state index in [1.165, 1.54) is 24.5 Å². The van der Waals surface area contributed by atoms with Crippen LogP contribution in [0, 0.1) is 0 Å². The molecule has 0 saturated carbocycles. The molecular formula is C23H19N5O5S. The molecule has 4 aromatic rings. The van der Waals surface area contributed by atoms with E-state index in [9.17, 15) is 13.2 Å². The number of carbonyl (C=O) groups excluding carboxylic acids is 1. The number of rotatable bonds is 6. The van der Waals surface area contributed by atoms with Gasteiger partial charge in [0.2, 0.25) is 0 Å². The zero-order valence-electron chi connectivity index (χ0n) is 17.7. The summed E-state index contributed by atoms with van der Waals surface area (Å²) >= 11 is 0. The van der Waals surface area contributed by atoms with Gasteiger partial charge in [0.1, 0.15) is 25.9 Å². The molecule has 5 rings (SSSR count). The van der Waals surface area contributed by atoms with Crippen LogP contribution in [0.4, 0.5) is 11.4 Å². The number of para-hydroxylation sites is 1. The molecule has 0 saturated heterocycles. The largest absolute Gasteiger partial charge is 0.486 e. The Balaban J connectivity index is 1.35. The molecule has 1 aliphatic rings. The van der Waals surface area contributed by atoms with Gasteiger partial charge < -0.3 is 14.8 Å². The second-order valence-corrected chi connectivity index (χ2v) is 8.98. The maximum atomic E-state index is 13.0. The standard InChI is InChI=1S/C23H19N5O5S/c29-23(26-16-5-7-17(8-6-16)28-15-24-14-25-28)19-3-1-2-4-20(19)27-34(30,31)18-9-10-21-22(13-18)33-12-11-32-21/h1-10,13-15,27H,11-12H2,(H,26,29). The van der Waals surface area contributed by atoms with Crippen molar-refractivity contribution in [3.05, 3.63) is 84.9 Å². The molecule has 1 aliphatic heterocycles. The fourth-order valence-corrected chi connectivity index (χ4v) is 4.50. The van der Waals surface area contributed by atoms with Crippen molar-refractivity contribution in [1.82, 2.24) is 14.8 Å². The Morgan fingerprint density at radius 3 is 2.47 bits per heavy atom. The van der Waals surface area contributed by atoms with Crippen LogP contribution < -0.4 is 19.5 Å². The summed E-state index contributed by atoms with van der Waals surface area (Å²) in [6, 6.07) is 17.7. The number of sulfonamides is 1. The average molecular weight is 478 g/mol. The van der Waals surface area contributed by atoms with Gasteiger partial charge >= 0.3 is 0 Å². The number of nitrogens with zero attached hydrogens (tertiary/aromatic N) is 3. The molecule has 11 heteroatoms. The third kappa shape index (κ3) is 4.41. The van der Waals surface area contributed by atoms with Crippen LogP contribution >= 0.6 is 0 Å². The van der Waals surface area contributed by atoms with Gasteiger partial charge in [0.25, 0.3) is 15.9 Å². The number of carbonyl (C=O) groups is 1. The predicted octanol–water partition coefficient (Wildman–Crippen LogP) is 3.09. The number of nitrogens with one attached hydrogen (secondary N) is 2. The van der Waals surface area contributed by atoms with Crippen LogP contribution in [0.3, 0.4) is 0 Å². The highest BCUT2D eigenvalue weighted by molar-refractivity contribution is 7.92. The molecule has 2 N–H and O–H groups in total. The van der Waals surface area contributed by atoms with Crippen molar-refractivity contribution in [3.63, 3.8) is 0 Å². The molecule has 0 aliphatic carbocycles. The summed E-state index contributed by atoms with van der Waals surface area (Å²) in [5, 5.41) is 6.84. The van der Waals surface area contributed by atoms with Gasteiger partial charge in [0.15, 0.2) is 11.5 Å². The highest BCUT2D eigenvalue weighted by Crippen LogP contribution is 2.33. The zero-order valence-corrected chi connectivity index (χ0v) is 18.5. The summed E-state index contributed by atoms with van der Waals surface area (Å²) in [7, 11) is -3.99. The van der Waals surface area contributed by atoms with Crippen LogP contribution in [0.15, 0.2) is 84.3 Å². The molecule has 2 heterocycles. The van der Waals surface area contributed by atoms with Crippen molar-refractivity contribution in [3.8, 4) is 17.2 Å². The van der Waals surface area contributed by atoms with E-state index in [1.54, 1.807) is 59.5 Å². The summed E-state index contributed by atoms with van der Waals surface area (Å²) in [5.74, 6) is 0.378. The Morgan fingerprint density at radius 1 is 0.941 bits per heavy atom. The molecular weight excluding hydrogens is 458 g/mol. The molecule has 0 unspecified atom stereocenters. The summed E-state index contributed by atoms with van der Waals surface area (Å²) in [6.45, 7) is 0.746. The van der Waals surface area contributed by atoms with Crippen molar-refractivity contribution < 1.29 is 22.7 Å². The minimum atomic E-state index is -3.99. The van der Waals surface area contributed by atoms with Gasteiger partial charge in [0.05, 0.1) is 21.8 Å². The lowest BCUT2D eigenvalue weighted by atomic mass is 10.1. The normalized spacial score (nSPS) is 12.7.